The highest BCUT2D eigenvalue weighted by Gasteiger charge is 2.52. The smallest absolute Gasteiger partial charge is 0.254 e. The molecule has 0 aromatic carbocycles. The van der Waals surface area contributed by atoms with Crippen molar-refractivity contribution < 1.29 is 9.47 Å². The summed E-state index contributed by atoms with van der Waals surface area (Å²) in [6, 6.07) is 3.76. The Labute approximate surface area is 152 Å². The molecular formula is C20H23N3O3. The number of aromatic nitrogens is 3. The van der Waals surface area contributed by atoms with E-state index in [1.165, 1.54) is 0 Å². The third-order valence-electron chi connectivity index (χ3n) is 6.51. The highest BCUT2D eigenvalue weighted by molar-refractivity contribution is 5.54. The lowest BCUT2D eigenvalue weighted by atomic mass is 9.63. The number of pyridine rings is 1. The van der Waals surface area contributed by atoms with Gasteiger partial charge >= 0.3 is 0 Å². The number of H-pyrrole nitrogens is 1. The van der Waals surface area contributed by atoms with E-state index in [0.29, 0.717) is 36.8 Å². The van der Waals surface area contributed by atoms with Crippen LogP contribution >= 0.6 is 0 Å². The predicted molar refractivity (Wildman–Crippen MR) is 95.7 cm³/mol. The molecule has 26 heavy (non-hydrogen) atoms. The summed E-state index contributed by atoms with van der Waals surface area (Å²) in [4.78, 5) is 24.6. The van der Waals surface area contributed by atoms with Gasteiger partial charge in [-0.3, -0.25) is 9.78 Å². The van der Waals surface area contributed by atoms with E-state index in [1.54, 1.807) is 12.4 Å². The summed E-state index contributed by atoms with van der Waals surface area (Å²) in [6.45, 7) is 3.61. The van der Waals surface area contributed by atoms with Crippen molar-refractivity contribution in [2.45, 2.75) is 44.3 Å². The van der Waals surface area contributed by atoms with Crippen LogP contribution in [-0.2, 0) is 15.9 Å². The van der Waals surface area contributed by atoms with Crippen molar-refractivity contribution in [3.05, 3.63) is 46.1 Å². The van der Waals surface area contributed by atoms with Crippen molar-refractivity contribution in [2.24, 2.45) is 11.8 Å². The second kappa shape index (κ2) is 5.99. The first kappa shape index (κ1) is 16.1. The standard InChI is InChI=1S/C20H23N3O3/c1-12-14-2-3-16-17(15(14)4-7-20(12)25-10-11-26-20)22-18(23-19(16)24)13-5-8-21-9-6-13/h5-6,8-9,12,14-15H,2-4,7,10-11H2,1H3,(H,22,23,24). The normalized spacial score (nSPS) is 29.3. The number of rotatable bonds is 1. The molecule has 6 heteroatoms. The average molecular weight is 353 g/mol. The second-order valence-electron chi connectivity index (χ2n) is 7.66. The van der Waals surface area contributed by atoms with E-state index in [0.717, 1.165) is 42.5 Å². The van der Waals surface area contributed by atoms with E-state index in [2.05, 4.69) is 16.9 Å². The van der Waals surface area contributed by atoms with Crippen LogP contribution in [0.2, 0.25) is 0 Å². The highest BCUT2D eigenvalue weighted by atomic mass is 16.7. The number of nitrogens with zero attached hydrogens (tertiary/aromatic N) is 2. The number of aromatic amines is 1. The second-order valence-corrected chi connectivity index (χ2v) is 7.66. The molecule has 1 spiro atoms. The van der Waals surface area contributed by atoms with Crippen molar-refractivity contribution in [3.63, 3.8) is 0 Å². The fourth-order valence-corrected chi connectivity index (χ4v) is 5.16. The Morgan fingerprint density at radius 1 is 1.19 bits per heavy atom. The molecule has 3 unspecified atom stereocenters. The number of fused-ring (bicyclic) bond motifs is 3. The van der Waals surface area contributed by atoms with Crippen LogP contribution in [-0.4, -0.2) is 34.0 Å². The first-order valence-electron chi connectivity index (χ1n) is 9.49. The molecule has 2 aromatic heterocycles. The molecule has 1 N–H and O–H groups in total. The number of hydrogen-bond donors (Lipinski definition) is 1. The molecule has 1 saturated carbocycles. The van der Waals surface area contributed by atoms with E-state index >= 15 is 0 Å². The third kappa shape index (κ3) is 2.36. The first-order chi connectivity index (χ1) is 12.7. The third-order valence-corrected chi connectivity index (χ3v) is 6.51. The summed E-state index contributed by atoms with van der Waals surface area (Å²) >= 11 is 0. The molecule has 2 aromatic rings. The van der Waals surface area contributed by atoms with Gasteiger partial charge in [0.25, 0.3) is 5.56 Å². The van der Waals surface area contributed by atoms with E-state index < -0.39 is 5.79 Å². The fourth-order valence-electron chi connectivity index (χ4n) is 5.16. The van der Waals surface area contributed by atoms with E-state index in [-0.39, 0.29) is 5.56 Å². The SMILES string of the molecule is CC1C2CCc3c(nc(-c4ccncc4)[nH]c3=O)C2CCC12OCCO2. The molecule has 2 fully saturated rings. The Morgan fingerprint density at radius 2 is 1.96 bits per heavy atom. The van der Waals surface area contributed by atoms with Crippen LogP contribution in [0, 0.1) is 11.8 Å². The largest absolute Gasteiger partial charge is 0.347 e. The van der Waals surface area contributed by atoms with E-state index in [1.807, 2.05) is 12.1 Å². The van der Waals surface area contributed by atoms with Crippen molar-refractivity contribution in [1.82, 2.24) is 15.0 Å². The van der Waals surface area contributed by atoms with Gasteiger partial charge in [-0.25, -0.2) is 4.98 Å². The number of hydrogen-bond acceptors (Lipinski definition) is 5. The van der Waals surface area contributed by atoms with Crippen LogP contribution in [0.25, 0.3) is 11.4 Å². The van der Waals surface area contributed by atoms with Gasteiger partial charge in [-0.2, -0.15) is 0 Å². The van der Waals surface area contributed by atoms with Crippen LogP contribution in [0.3, 0.4) is 0 Å². The van der Waals surface area contributed by atoms with Crippen LogP contribution in [0.15, 0.2) is 29.3 Å². The predicted octanol–water partition coefficient (Wildman–Crippen LogP) is 2.65. The molecule has 3 aliphatic rings. The summed E-state index contributed by atoms with van der Waals surface area (Å²) in [7, 11) is 0. The lowest BCUT2D eigenvalue weighted by Crippen LogP contribution is -2.49. The molecule has 1 saturated heterocycles. The van der Waals surface area contributed by atoms with Crippen LogP contribution in [0.5, 0.6) is 0 Å². The van der Waals surface area contributed by atoms with Gasteiger partial charge in [-0.15, -0.1) is 0 Å². The number of nitrogens with one attached hydrogen (secondary N) is 1. The lowest BCUT2D eigenvalue weighted by molar-refractivity contribution is -0.226. The zero-order chi connectivity index (χ0) is 17.7. The maximum atomic E-state index is 12.7. The molecule has 1 aliphatic heterocycles. The summed E-state index contributed by atoms with van der Waals surface area (Å²) in [6.07, 6.45) is 7.03. The monoisotopic (exact) mass is 353 g/mol. The average Bonchev–Trinajstić information content (AvgIpc) is 3.15. The summed E-state index contributed by atoms with van der Waals surface area (Å²) in [5.41, 5.74) is 2.74. The Balaban J connectivity index is 1.55. The summed E-state index contributed by atoms with van der Waals surface area (Å²) < 4.78 is 12.1. The van der Waals surface area contributed by atoms with Crippen molar-refractivity contribution in [2.75, 3.05) is 13.2 Å². The Hall–Kier alpha value is -2.05. The first-order valence-corrected chi connectivity index (χ1v) is 9.49. The maximum Gasteiger partial charge on any atom is 0.254 e. The maximum absolute atomic E-state index is 12.7. The van der Waals surface area contributed by atoms with Gasteiger partial charge in [0.2, 0.25) is 0 Å². The molecule has 0 amide bonds. The highest BCUT2D eigenvalue weighted by Crippen LogP contribution is 2.52. The summed E-state index contributed by atoms with van der Waals surface area (Å²) in [5, 5.41) is 0. The molecule has 5 rings (SSSR count). The van der Waals surface area contributed by atoms with Gasteiger partial charge < -0.3 is 14.5 Å². The zero-order valence-electron chi connectivity index (χ0n) is 14.9. The van der Waals surface area contributed by atoms with Gasteiger partial charge in [0.15, 0.2) is 5.79 Å². The van der Waals surface area contributed by atoms with Gasteiger partial charge in [-0.05, 0) is 37.3 Å². The van der Waals surface area contributed by atoms with Crippen molar-refractivity contribution >= 4 is 0 Å². The van der Waals surface area contributed by atoms with Gasteiger partial charge in [-0.1, -0.05) is 6.92 Å². The molecule has 0 radical (unpaired) electrons. The Kier molecular flexibility index (Phi) is 3.72. The molecule has 3 atom stereocenters. The van der Waals surface area contributed by atoms with E-state index in [4.69, 9.17) is 14.5 Å². The van der Waals surface area contributed by atoms with Gasteiger partial charge in [0.1, 0.15) is 5.82 Å². The van der Waals surface area contributed by atoms with Crippen molar-refractivity contribution in [1.29, 1.82) is 0 Å². The van der Waals surface area contributed by atoms with Crippen LogP contribution in [0.4, 0.5) is 0 Å². The molecule has 136 valence electrons. The minimum absolute atomic E-state index is 0.00145. The zero-order valence-corrected chi connectivity index (χ0v) is 14.9. The van der Waals surface area contributed by atoms with Crippen molar-refractivity contribution in [3.8, 4) is 11.4 Å². The van der Waals surface area contributed by atoms with Gasteiger partial charge in [0.05, 0.1) is 18.9 Å². The minimum atomic E-state index is -0.423. The quantitative estimate of drug-likeness (QED) is 0.853. The molecule has 6 nitrogen and oxygen atoms in total. The molecule has 3 heterocycles. The molecular weight excluding hydrogens is 330 g/mol. The fraction of sp³-hybridized carbons (Fsp3) is 0.550. The van der Waals surface area contributed by atoms with Gasteiger partial charge in [0, 0.05) is 41.8 Å². The molecule has 0 bridgehead atoms. The Bertz CT molecular complexity index is 874. The van der Waals surface area contributed by atoms with Crippen LogP contribution in [0.1, 0.15) is 43.4 Å². The Morgan fingerprint density at radius 3 is 2.73 bits per heavy atom. The van der Waals surface area contributed by atoms with E-state index in [9.17, 15) is 4.79 Å². The minimum Gasteiger partial charge on any atom is -0.347 e. The molecule has 2 aliphatic carbocycles. The number of ether oxygens (including phenoxy) is 2. The topological polar surface area (TPSA) is 77.1 Å². The summed E-state index contributed by atoms with van der Waals surface area (Å²) in [5.74, 6) is 1.26. The lowest BCUT2D eigenvalue weighted by Gasteiger charge is -2.48. The van der Waals surface area contributed by atoms with Crippen LogP contribution < -0.4 is 5.56 Å².